The van der Waals surface area contributed by atoms with Crippen LogP contribution >= 0.6 is 0 Å². The summed E-state index contributed by atoms with van der Waals surface area (Å²) >= 11 is 0. The Morgan fingerprint density at radius 1 is 1.50 bits per heavy atom. The summed E-state index contributed by atoms with van der Waals surface area (Å²) in [5.41, 5.74) is 5.95. The van der Waals surface area contributed by atoms with Crippen molar-refractivity contribution in [2.24, 2.45) is 11.7 Å². The molecule has 7 heteroatoms. The van der Waals surface area contributed by atoms with E-state index in [1.807, 2.05) is 0 Å². The van der Waals surface area contributed by atoms with Gasteiger partial charge in [-0.25, -0.2) is 0 Å². The predicted molar refractivity (Wildman–Crippen MR) is 79.1 cm³/mol. The van der Waals surface area contributed by atoms with Gasteiger partial charge in [-0.05, 0) is 32.1 Å². The van der Waals surface area contributed by atoms with Crippen LogP contribution < -0.4 is 11.1 Å². The summed E-state index contributed by atoms with van der Waals surface area (Å²) < 4.78 is 5.18. The average Bonchev–Trinajstić information content (AvgIpc) is 3.04. The van der Waals surface area contributed by atoms with Crippen molar-refractivity contribution in [1.82, 2.24) is 15.4 Å². The Morgan fingerprint density at radius 3 is 2.95 bits per heavy atom. The SMILES string of the molecule is C[C@@H](N)C(=O)N1CC[C@H](CNC(=O)c2cc(C3CC3)on2)C1. The van der Waals surface area contributed by atoms with E-state index >= 15 is 0 Å². The Balaban J connectivity index is 1.46. The van der Waals surface area contributed by atoms with Crippen LogP contribution in [0, 0.1) is 5.92 Å². The number of carbonyl (C=O) groups is 2. The van der Waals surface area contributed by atoms with Crippen LogP contribution in [0.15, 0.2) is 10.6 Å². The molecule has 3 N–H and O–H groups in total. The first-order valence-corrected chi connectivity index (χ1v) is 7.83. The zero-order valence-electron chi connectivity index (χ0n) is 12.7. The fourth-order valence-corrected chi connectivity index (χ4v) is 2.77. The molecule has 1 aliphatic carbocycles. The first kappa shape index (κ1) is 15.0. The molecule has 0 bridgehead atoms. The molecule has 120 valence electrons. The monoisotopic (exact) mass is 306 g/mol. The van der Waals surface area contributed by atoms with Gasteiger partial charge in [0, 0.05) is 31.6 Å². The molecule has 1 saturated carbocycles. The highest BCUT2D eigenvalue weighted by Crippen LogP contribution is 2.40. The van der Waals surface area contributed by atoms with Crippen LogP contribution in [-0.2, 0) is 4.79 Å². The number of amides is 2. The van der Waals surface area contributed by atoms with Crippen molar-refractivity contribution in [2.75, 3.05) is 19.6 Å². The van der Waals surface area contributed by atoms with Gasteiger partial charge in [0.2, 0.25) is 5.91 Å². The fraction of sp³-hybridized carbons (Fsp3) is 0.667. The molecule has 0 aromatic carbocycles. The Hall–Kier alpha value is -1.89. The summed E-state index contributed by atoms with van der Waals surface area (Å²) in [6.07, 6.45) is 3.11. The molecule has 7 nitrogen and oxygen atoms in total. The van der Waals surface area contributed by atoms with E-state index in [9.17, 15) is 9.59 Å². The van der Waals surface area contributed by atoms with E-state index in [0.29, 0.717) is 31.2 Å². The maximum absolute atomic E-state index is 12.0. The average molecular weight is 306 g/mol. The van der Waals surface area contributed by atoms with Gasteiger partial charge in [0.15, 0.2) is 5.69 Å². The number of hydrogen-bond donors (Lipinski definition) is 2. The Labute approximate surface area is 129 Å². The number of rotatable bonds is 5. The van der Waals surface area contributed by atoms with Gasteiger partial charge in [0.05, 0.1) is 6.04 Å². The summed E-state index contributed by atoms with van der Waals surface area (Å²) in [6.45, 7) is 3.58. The zero-order chi connectivity index (χ0) is 15.7. The third kappa shape index (κ3) is 3.30. The van der Waals surface area contributed by atoms with Crippen molar-refractivity contribution in [3.8, 4) is 0 Å². The van der Waals surface area contributed by atoms with Crippen LogP contribution in [0.4, 0.5) is 0 Å². The molecule has 3 rings (SSSR count). The lowest BCUT2D eigenvalue weighted by Crippen LogP contribution is -2.41. The van der Waals surface area contributed by atoms with Gasteiger partial charge in [0.25, 0.3) is 5.91 Å². The minimum absolute atomic E-state index is 0.0283. The second-order valence-corrected chi connectivity index (χ2v) is 6.33. The van der Waals surface area contributed by atoms with Gasteiger partial charge >= 0.3 is 0 Å². The van der Waals surface area contributed by atoms with Crippen LogP contribution in [-0.4, -0.2) is 47.5 Å². The number of nitrogens with two attached hydrogens (primary N) is 1. The second kappa shape index (κ2) is 6.08. The Bertz CT molecular complexity index is 565. The van der Waals surface area contributed by atoms with E-state index in [4.69, 9.17) is 10.3 Å². The van der Waals surface area contributed by atoms with Crippen molar-refractivity contribution in [1.29, 1.82) is 0 Å². The Morgan fingerprint density at radius 2 is 2.27 bits per heavy atom. The van der Waals surface area contributed by atoms with Crippen LogP contribution in [0.3, 0.4) is 0 Å². The lowest BCUT2D eigenvalue weighted by atomic mass is 10.1. The number of nitrogens with one attached hydrogen (secondary N) is 1. The first-order valence-electron chi connectivity index (χ1n) is 7.83. The highest BCUT2D eigenvalue weighted by Gasteiger charge is 2.30. The zero-order valence-corrected chi connectivity index (χ0v) is 12.7. The molecule has 1 saturated heterocycles. The van der Waals surface area contributed by atoms with E-state index < -0.39 is 6.04 Å². The van der Waals surface area contributed by atoms with E-state index in [2.05, 4.69) is 10.5 Å². The summed E-state index contributed by atoms with van der Waals surface area (Å²) in [5.74, 6) is 1.27. The van der Waals surface area contributed by atoms with Crippen LogP contribution in [0.5, 0.6) is 0 Å². The maximum Gasteiger partial charge on any atom is 0.273 e. The van der Waals surface area contributed by atoms with E-state index in [1.54, 1.807) is 17.9 Å². The lowest BCUT2D eigenvalue weighted by molar-refractivity contribution is -0.131. The summed E-state index contributed by atoms with van der Waals surface area (Å²) in [5, 5.41) is 6.69. The van der Waals surface area contributed by atoms with Crippen LogP contribution in [0.25, 0.3) is 0 Å². The van der Waals surface area contributed by atoms with E-state index in [-0.39, 0.29) is 17.7 Å². The second-order valence-electron chi connectivity index (χ2n) is 6.33. The van der Waals surface area contributed by atoms with Crippen molar-refractivity contribution < 1.29 is 14.1 Å². The van der Waals surface area contributed by atoms with Gasteiger partial charge in [-0.15, -0.1) is 0 Å². The fourth-order valence-electron chi connectivity index (χ4n) is 2.77. The molecule has 0 spiro atoms. The van der Waals surface area contributed by atoms with Crippen molar-refractivity contribution in [2.45, 2.75) is 38.1 Å². The van der Waals surface area contributed by atoms with E-state index in [1.165, 1.54) is 0 Å². The van der Waals surface area contributed by atoms with Crippen LogP contribution in [0.2, 0.25) is 0 Å². The smallest absolute Gasteiger partial charge is 0.273 e. The summed E-state index contributed by atoms with van der Waals surface area (Å²) in [7, 11) is 0. The Kier molecular flexibility index (Phi) is 4.15. The third-order valence-corrected chi connectivity index (χ3v) is 4.28. The summed E-state index contributed by atoms with van der Waals surface area (Å²) in [6, 6.07) is 1.26. The molecule has 2 heterocycles. The molecular weight excluding hydrogens is 284 g/mol. The molecule has 2 fully saturated rings. The quantitative estimate of drug-likeness (QED) is 0.824. The van der Waals surface area contributed by atoms with Gasteiger partial charge in [-0.3, -0.25) is 9.59 Å². The number of hydrogen-bond acceptors (Lipinski definition) is 5. The highest BCUT2D eigenvalue weighted by molar-refractivity contribution is 5.92. The van der Waals surface area contributed by atoms with Gasteiger partial charge < -0.3 is 20.5 Å². The normalized spacial score (nSPS) is 22.6. The summed E-state index contributed by atoms with van der Waals surface area (Å²) in [4.78, 5) is 25.6. The predicted octanol–water partition coefficient (Wildman–Crippen LogP) is 0.478. The molecule has 1 aromatic rings. The molecule has 0 unspecified atom stereocenters. The topological polar surface area (TPSA) is 101 Å². The number of nitrogens with zero attached hydrogens (tertiary/aromatic N) is 2. The minimum Gasteiger partial charge on any atom is -0.360 e. The lowest BCUT2D eigenvalue weighted by Gasteiger charge is -2.18. The largest absolute Gasteiger partial charge is 0.360 e. The molecule has 2 aliphatic rings. The molecule has 2 atom stereocenters. The van der Waals surface area contributed by atoms with E-state index in [0.717, 1.165) is 25.0 Å². The van der Waals surface area contributed by atoms with Crippen LogP contribution in [0.1, 0.15) is 48.4 Å². The number of likely N-dealkylation sites (tertiary alicyclic amines) is 1. The molecule has 2 amide bonds. The standard InChI is InChI=1S/C15H22N4O3/c1-9(16)15(21)19-5-4-10(8-19)7-17-14(20)12-6-13(22-18-12)11-2-3-11/h6,9-11H,2-5,7-8,16H2,1H3,(H,17,20)/t9-,10-/m1/s1. The number of carbonyl (C=O) groups excluding carboxylic acids is 2. The molecule has 1 aromatic heterocycles. The van der Waals surface area contributed by atoms with Crippen molar-refractivity contribution >= 4 is 11.8 Å². The number of aromatic nitrogens is 1. The van der Waals surface area contributed by atoms with Gasteiger partial charge in [0.1, 0.15) is 5.76 Å². The van der Waals surface area contributed by atoms with Gasteiger partial charge in [-0.2, -0.15) is 0 Å². The molecular formula is C15H22N4O3. The highest BCUT2D eigenvalue weighted by atomic mass is 16.5. The maximum atomic E-state index is 12.0. The van der Waals surface area contributed by atoms with Gasteiger partial charge in [-0.1, -0.05) is 5.16 Å². The third-order valence-electron chi connectivity index (χ3n) is 4.28. The molecule has 1 aliphatic heterocycles. The van der Waals surface area contributed by atoms with Crippen molar-refractivity contribution in [3.63, 3.8) is 0 Å². The molecule has 0 radical (unpaired) electrons. The first-order chi connectivity index (χ1) is 10.5. The minimum atomic E-state index is -0.468. The van der Waals surface area contributed by atoms with Crippen molar-refractivity contribution in [3.05, 3.63) is 17.5 Å². The molecule has 22 heavy (non-hydrogen) atoms.